The van der Waals surface area contributed by atoms with Crippen LogP contribution in [0.5, 0.6) is 0 Å². The average molecular weight is 185 g/mol. The second-order valence-corrected chi connectivity index (χ2v) is 2.37. The summed E-state index contributed by atoms with van der Waals surface area (Å²) in [7, 11) is 0. The molecule has 11 heavy (non-hydrogen) atoms. The van der Waals surface area contributed by atoms with Gasteiger partial charge in [-0.2, -0.15) is 4.39 Å². The van der Waals surface area contributed by atoms with E-state index >= 15 is 0 Å². The van der Waals surface area contributed by atoms with Crippen LogP contribution >= 0.6 is 11.6 Å². The highest BCUT2D eigenvalue weighted by Gasteiger charge is 2.22. The summed E-state index contributed by atoms with van der Waals surface area (Å²) in [5.74, 6) is -1.09. The average Bonchev–Trinajstić information content (AvgIpc) is 2.05. The molecule has 0 N–H and O–H groups in total. The molecular weight excluding hydrogens is 178 g/mol. The van der Waals surface area contributed by atoms with E-state index in [1.807, 2.05) is 0 Å². The Labute approximate surface area is 67.7 Å². The van der Waals surface area contributed by atoms with Crippen LogP contribution in [0.2, 0.25) is 0 Å². The molecule has 0 spiro atoms. The maximum atomic E-state index is 12.6. The van der Waals surface area contributed by atoms with Crippen LogP contribution in [0.1, 0.15) is 0 Å². The lowest BCUT2D eigenvalue weighted by Crippen LogP contribution is -2.29. The first-order chi connectivity index (χ1) is 5.22. The zero-order valence-electron chi connectivity index (χ0n) is 5.65. The molecule has 1 aliphatic heterocycles. The highest BCUT2D eigenvalue weighted by molar-refractivity contribution is 6.28. The van der Waals surface area contributed by atoms with E-state index in [9.17, 15) is 8.78 Å². The van der Waals surface area contributed by atoms with Crippen molar-refractivity contribution in [3.05, 3.63) is 11.1 Å². The van der Waals surface area contributed by atoms with Crippen LogP contribution in [-0.2, 0) is 9.47 Å². The fourth-order valence-corrected chi connectivity index (χ4v) is 0.877. The lowest BCUT2D eigenvalue weighted by atomic mass is 10.3. The van der Waals surface area contributed by atoms with Gasteiger partial charge in [-0.25, -0.2) is 4.39 Å². The van der Waals surface area contributed by atoms with Crippen LogP contribution in [0.3, 0.4) is 0 Å². The Balaban J connectivity index is 2.52. The molecule has 5 heteroatoms. The van der Waals surface area contributed by atoms with Gasteiger partial charge in [-0.05, 0) is 11.6 Å². The van der Waals surface area contributed by atoms with E-state index in [1.54, 1.807) is 0 Å². The zero-order valence-corrected chi connectivity index (χ0v) is 6.40. The quantitative estimate of drug-likeness (QED) is 0.618. The van der Waals surface area contributed by atoms with Crippen LogP contribution < -0.4 is 0 Å². The van der Waals surface area contributed by atoms with Gasteiger partial charge in [0, 0.05) is 0 Å². The molecule has 0 bridgehead atoms. The van der Waals surface area contributed by atoms with Gasteiger partial charge in [-0.1, -0.05) is 0 Å². The molecule has 1 saturated heterocycles. The normalized spacial score (nSPS) is 28.1. The van der Waals surface area contributed by atoms with E-state index in [1.165, 1.54) is 0 Å². The summed E-state index contributed by atoms with van der Waals surface area (Å²) >= 11 is 4.76. The second-order valence-electron chi connectivity index (χ2n) is 2.04. The molecule has 0 aromatic carbocycles. The molecule has 64 valence electrons. The summed E-state index contributed by atoms with van der Waals surface area (Å²) in [5.41, 5.74) is 0. The van der Waals surface area contributed by atoms with Crippen molar-refractivity contribution in [2.45, 2.75) is 6.10 Å². The van der Waals surface area contributed by atoms with Gasteiger partial charge in [0.2, 0.25) is 5.29 Å². The second kappa shape index (κ2) is 3.99. The Morgan fingerprint density at radius 1 is 1.36 bits per heavy atom. The SMILES string of the molecule is F/C(Cl)=C(\F)C1COCCO1. The minimum Gasteiger partial charge on any atom is -0.376 e. The van der Waals surface area contributed by atoms with E-state index in [2.05, 4.69) is 0 Å². The molecule has 1 aliphatic rings. The predicted octanol–water partition coefficient (Wildman–Crippen LogP) is 1.75. The third-order valence-corrected chi connectivity index (χ3v) is 1.46. The van der Waals surface area contributed by atoms with Gasteiger partial charge < -0.3 is 9.47 Å². The van der Waals surface area contributed by atoms with Crippen molar-refractivity contribution in [1.82, 2.24) is 0 Å². The Bertz CT molecular complexity index is 162. The van der Waals surface area contributed by atoms with Crippen molar-refractivity contribution >= 4 is 11.6 Å². The minimum atomic E-state index is -1.36. The van der Waals surface area contributed by atoms with Gasteiger partial charge in [0.15, 0.2) is 5.83 Å². The van der Waals surface area contributed by atoms with E-state index in [0.29, 0.717) is 6.61 Å². The summed E-state index contributed by atoms with van der Waals surface area (Å²) in [6, 6.07) is 0. The first-order valence-corrected chi connectivity index (χ1v) is 3.49. The van der Waals surface area contributed by atoms with Crippen molar-refractivity contribution in [3.8, 4) is 0 Å². The third-order valence-electron chi connectivity index (χ3n) is 1.28. The molecule has 0 aromatic heterocycles. The first kappa shape index (κ1) is 8.90. The molecule has 1 heterocycles. The molecule has 1 fully saturated rings. The summed E-state index contributed by atoms with van der Waals surface area (Å²) < 4.78 is 34.2. The third kappa shape index (κ3) is 2.39. The number of hydrogen-bond donors (Lipinski definition) is 0. The zero-order chi connectivity index (χ0) is 8.27. The Kier molecular flexibility index (Phi) is 3.23. The molecular formula is C6H7ClF2O2. The molecule has 1 rings (SSSR count). The van der Waals surface area contributed by atoms with Crippen LogP contribution in [0, 0.1) is 0 Å². The maximum Gasteiger partial charge on any atom is 0.223 e. The summed E-state index contributed by atoms with van der Waals surface area (Å²) in [5, 5.41) is -1.36. The molecule has 0 aliphatic carbocycles. The van der Waals surface area contributed by atoms with Gasteiger partial charge >= 0.3 is 0 Å². The molecule has 0 amide bonds. The smallest absolute Gasteiger partial charge is 0.223 e. The standard InChI is InChI=1S/C6H7ClF2O2/c7-6(9)5(8)4-3-10-1-2-11-4/h4H,1-3H2/b6-5-. The largest absolute Gasteiger partial charge is 0.376 e. The van der Waals surface area contributed by atoms with Gasteiger partial charge in [-0.15, -0.1) is 0 Å². The molecule has 0 saturated carbocycles. The number of rotatable bonds is 1. The van der Waals surface area contributed by atoms with Crippen LogP contribution in [0.25, 0.3) is 0 Å². The summed E-state index contributed by atoms with van der Waals surface area (Å²) in [6.07, 6.45) is -0.971. The molecule has 0 aromatic rings. The Morgan fingerprint density at radius 2 is 2.09 bits per heavy atom. The van der Waals surface area contributed by atoms with Crippen molar-refractivity contribution in [3.63, 3.8) is 0 Å². The molecule has 1 unspecified atom stereocenters. The van der Waals surface area contributed by atoms with E-state index in [0.717, 1.165) is 0 Å². The lowest BCUT2D eigenvalue weighted by Gasteiger charge is -2.20. The van der Waals surface area contributed by atoms with E-state index in [4.69, 9.17) is 21.1 Å². The Morgan fingerprint density at radius 3 is 2.55 bits per heavy atom. The number of hydrogen-bond acceptors (Lipinski definition) is 2. The number of ether oxygens (including phenoxy) is 2. The maximum absolute atomic E-state index is 12.6. The fourth-order valence-electron chi connectivity index (χ4n) is 0.756. The molecule has 0 radical (unpaired) electrons. The molecule has 1 atom stereocenters. The van der Waals surface area contributed by atoms with Crippen LogP contribution in [-0.4, -0.2) is 25.9 Å². The molecule has 2 nitrogen and oxygen atoms in total. The van der Waals surface area contributed by atoms with Crippen molar-refractivity contribution < 1.29 is 18.3 Å². The summed E-state index contributed by atoms with van der Waals surface area (Å²) in [6.45, 7) is 0.696. The van der Waals surface area contributed by atoms with Crippen molar-refractivity contribution in [1.29, 1.82) is 0 Å². The fraction of sp³-hybridized carbons (Fsp3) is 0.667. The first-order valence-electron chi connectivity index (χ1n) is 3.12. The van der Waals surface area contributed by atoms with Crippen molar-refractivity contribution in [2.24, 2.45) is 0 Å². The van der Waals surface area contributed by atoms with E-state index in [-0.39, 0.29) is 13.2 Å². The van der Waals surface area contributed by atoms with E-state index < -0.39 is 17.2 Å². The van der Waals surface area contributed by atoms with Gasteiger partial charge in [0.1, 0.15) is 6.10 Å². The predicted molar refractivity (Wildman–Crippen MR) is 35.7 cm³/mol. The number of halogens is 3. The topological polar surface area (TPSA) is 18.5 Å². The summed E-state index contributed by atoms with van der Waals surface area (Å²) in [4.78, 5) is 0. The highest BCUT2D eigenvalue weighted by Crippen LogP contribution is 2.20. The van der Waals surface area contributed by atoms with Gasteiger partial charge in [0.25, 0.3) is 0 Å². The monoisotopic (exact) mass is 184 g/mol. The lowest BCUT2D eigenvalue weighted by molar-refractivity contribution is -0.0802. The van der Waals surface area contributed by atoms with Gasteiger partial charge in [0.05, 0.1) is 19.8 Å². The Hall–Kier alpha value is -0.190. The van der Waals surface area contributed by atoms with Crippen LogP contribution in [0.4, 0.5) is 8.78 Å². The van der Waals surface area contributed by atoms with Crippen LogP contribution in [0.15, 0.2) is 11.1 Å². The van der Waals surface area contributed by atoms with Crippen molar-refractivity contribution in [2.75, 3.05) is 19.8 Å². The minimum absolute atomic E-state index is 0.0198. The highest BCUT2D eigenvalue weighted by atomic mass is 35.5. The van der Waals surface area contributed by atoms with Gasteiger partial charge in [-0.3, -0.25) is 0 Å².